The number of carbonyl (C=O) groups excluding carboxylic acids is 1. The molecule has 4 nitrogen and oxygen atoms in total. The van der Waals surface area contributed by atoms with Crippen molar-refractivity contribution in [2.75, 3.05) is 39.8 Å². The minimum Gasteiger partial charge on any atom is -0.463 e. The van der Waals surface area contributed by atoms with Crippen LogP contribution < -0.4 is 0 Å². The van der Waals surface area contributed by atoms with Crippen LogP contribution in [0.15, 0.2) is 12.3 Å². The first-order chi connectivity index (χ1) is 6.72. The molecule has 1 fully saturated rings. The number of esters is 1. The SMILES string of the molecule is CCOC(=O)/C=C\N1CCN(C)CC1. The van der Waals surface area contributed by atoms with Gasteiger partial charge in [-0.05, 0) is 14.0 Å². The zero-order chi connectivity index (χ0) is 10.4. The Hall–Kier alpha value is -1.03. The van der Waals surface area contributed by atoms with Crippen LogP contribution >= 0.6 is 0 Å². The van der Waals surface area contributed by atoms with Gasteiger partial charge in [-0.2, -0.15) is 0 Å². The topological polar surface area (TPSA) is 32.8 Å². The molecule has 1 aliphatic heterocycles. The summed E-state index contributed by atoms with van der Waals surface area (Å²) >= 11 is 0. The van der Waals surface area contributed by atoms with Gasteiger partial charge >= 0.3 is 5.97 Å². The summed E-state index contributed by atoms with van der Waals surface area (Å²) < 4.78 is 4.79. The van der Waals surface area contributed by atoms with E-state index in [0.29, 0.717) is 6.61 Å². The predicted molar refractivity (Wildman–Crippen MR) is 54.8 cm³/mol. The summed E-state index contributed by atoms with van der Waals surface area (Å²) in [5.74, 6) is -0.258. The molecular weight excluding hydrogens is 180 g/mol. The van der Waals surface area contributed by atoms with Crippen LogP contribution in [0.5, 0.6) is 0 Å². The van der Waals surface area contributed by atoms with E-state index in [1.807, 2.05) is 13.1 Å². The smallest absolute Gasteiger partial charge is 0.332 e. The third kappa shape index (κ3) is 3.79. The molecule has 0 aromatic rings. The van der Waals surface area contributed by atoms with E-state index in [1.54, 1.807) is 0 Å². The molecule has 0 unspecified atom stereocenters. The highest BCUT2D eigenvalue weighted by Gasteiger charge is 2.10. The van der Waals surface area contributed by atoms with Crippen LogP contribution in [-0.2, 0) is 9.53 Å². The average molecular weight is 198 g/mol. The van der Waals surface area contributed by atoms with Crippen LogP contribution in [0.25, 0.3) is 0 Å². The van der Waals surface area contributed by atoms with E-state index in [-0.39, 0.29) is 5.97 Å². The van der Waals surface area contributed by atoms with E-state index in [0.717, 1.165) is 26.2 Å². The number of rotatable bonds is 3. The maximum atomic E-state index is 11.0. The minimum absolute atomic E-state index is 0.258. The first-order valence-electron chi connectivity index (χ1n) is 5.00. The lowest BCUT2D eigenvalue weighted by Crippen LogP contribution is -2.41. The molecular formula is C10H18N2O2. The van der Waals surface area contributed by atoms with Crippen molar-refractivity contribution >= 4 is 5.97 Å². The largest absolute Gasteiger partial charge is 0.463 e. The molecule has 0 N–H and O–H groups in total. The maximum absolute atomic E-state index is 11.0. The second-order valence-corrected chi connectivity index (χ2v) is 3.41. The van der Waals surface area contributed by atoms with Crippen LogP contribution in [0.4, 0.5) is 0 Å². The lowest BCUT2D eigenvalue weighted by Gasteiger charge is -2.31. The van der Waals surface area contributed by atoms with Crippen molar-refractivity contribution < 1.29 is 9.53 Å². The first kappa shape index (κ1) is 11.0. The summed E-state index contributed by atoms with van der Waals surface area (Å²) in [6, 6.07) is 0. The monoisotopic (exact) mass is 198 g/mol. The van der Waals surface area contributed by atoms with Crippen molar-refractivity contribution in [1.29, 1.82) is 0 Å². The molecule has 4 heteroatoms. The Labute approximate surface area is 85.1 Å². The second kappa shape index (κ2) is 5.65. The minimum atomic E-state index is -0.258. The van der Waals surface area contributed by atoms with Gasteiger partial charge in [0.05, 0.1) is 6.61 Å². The number of piperazine rings is 1. The number of hydrogen-bond donors (Lipinski definition) is 0. The fourth-order valence-corrected chi connectivity index (χ4v) is 1.33. The molecule has 80 valence electrons. The van der Waals surface area contributed by atoms with Crippen LogP contribution in [0.2, 0.25) is 0 Å². The third-order valence-electron chi connectivity index (χ3n) is 2.25. The molecule has 0 aromatic carbocycles. The number of likely N-dealkylation sites (N-methyl/N-ethyl adjacent to an activating group) is 1. The normalized spacial score (nSPS) is 18.9. The van der Waals surface area contributed by atoms with Gasteiger partial charge in [0, 0.05) is 38.5 Å². The zero-order valence-electron chi connectivity index (χ0n) is 8.90. The average Bonchev–Trinajstić information content (AvgIpc) is 2.17. The molecule has 0 bridgehead atoms. The molecule has 0 aliphatic carbocycles. The molecule has 0 radical (unpaired) electrons. The Kier molecular flexibility index (Phi) is 4.46. The predicted octanol–water partition coefficient (Wildman–Crippen LogP) is 0.311. The van der Waals surface area contributed by atoms with E-state index in [9.17, 15) is 4.79 Å². The van der Waals surface area contributed by atoms with Crippen molar-refractivity contribution in [3.05, 3.63) is 12.3 Å². The van der Waals surface area contributed by atoms with Crippen molar-refractivity contribution in [1.82, 2.24) is 9.80 Å². The van der Waals surface area contributed by atoms with Crippen molar-refractivity contribution in [3.63, 3.8) is 0 Å². The molecule has 0 saturated carbocycles. The molecule has 0 aromatic heterocycles. The molecule has 0 atom stereocenters. The van der Waals surface area contributed by atoms with Gasteiger partial charge in [-0.3, -0.25) is 0 Å². The van der Waals surface area contributed by atoms with Crippen LogP contribution in [0.3, 0.4) is 0 Å². The molecule has 0 spiro atoms. The molecule has 1 rings (SSSR count). The standard InChI is InChI=1S/C10H18N2O2/c1-3-14-10(13)4-5-12-8-6-11(2)7-9-12/h4-5H,3,6-9H2,1-2H3/b5-4-. The zero-order valence-corrected chi connectivity index (χ0v) is 8.90. The third-order valence-corrected chi connectivity index (χ3v) is 2.25. The van der Waals surface area contributed by atoms with Crippen molar-refractivity contribution in [2.45, 2.75) is 6.92 Å². The highest BCUT2D eigenvalue weighted by Crippen LogP contribution is 1.99. The number of carbonyl (C=O) groups is 1. The van der Waals surface area contributed by atoms with Crippen LogP contribution in [0.1, 0.15) is 6.92 Å². The highest BCUT2D eigenvalue weighted by molar-refractivity contribution is 5.81. The van der Waals surface area contributed by atoms with Gasteiger partial charge in [-0.25, -0.2) is 4.79 Å². The lowest BCUT2D eigenvalue weighted by molar-refractivity contribution is -0.137. The molecule has 1 saturated heterocycles. The van der Waals surface area contributed by atoms with E-state index in [2.05, 4.69) is 16.8 Å². The Morgan fingerprint density at radius 3 is 2.57 bits per heavy atom. The van der Waals surface area contributed by atoms with Gasteiger partial charge in [-0.15, -0.1) is 0 Å². The fraction of sp³-hybridized carbons (Fsp3) is 0.700. The van der Waals surface area contributed by atoms with E-state index < -0.39 is 0 Å². The Balaban J connectivity index is 2.26. The Bertz CT molecular complexity index is 208. The molecule has 14 heavy (non-hydrogen) atoms. The summed E-state index contributed by atoms with van der Waals surface area (Å²) in [4.78, 5) is 15.4. The van der Waals surface area contributed by atoms with Crippen molar-refractivity contribution in [2.24, 2.45) is 0 Å². The molecule has 1 aliphatic rings. The summed E-state index contributed by atoms with van der Waals surface area (Å²) in [6.07, 6.45) is 3.32. The summed E-state index contributed by atoms with van der Waals surface area (Å²) in [6.45, 7) is 6.30. The Morgan fingerprint density at radius 2 is 2.00 bits per heavy atom. The molecule has 0 amide bonds. The van der Waals surface area contributed by atoms with Gasteiger partial charge in [0.1, 0.15) is 0 Å². The number of ether oxygens (including phenoxy) is 1. The summed E-state index contributed by atoms with van der Waals surface area (Å²) in [7, 11) is 2.10. The number of nitrogens with zero attached hydrogens (tertiary/aromatic N) is 2. The second-order valence-electron chi connectivity index (χ2n) is 3.41. The first-order valence-corrected chi connectivity index (χ1v) is 5.00. The van der Waals surface area contributed by atoms with Gasteiger partial charge in [0.25, 0.3) is 0 Å². The van der Waals surface area contributed by atoms with Gasteiger partial charge < -0.3 is 14.5 Å². The summed E-state index contributed by atoms with van der Waals surface area (Å²) in [5, 5.41) is 0. The maximum Gasteiger partial charge on any atom is 0.332 e. The van der Waals surface area contributed by atoms with Crippen LogP contribution in [0, 0.1) is 0 Å². The highest BCUT2D eigenvalue weighted by atomic mass is 16.5. The number of hydrogen-bond acceptors (Lipinski definition) is 4. The van der Waals surface area contributed by atoms with Crippen molar-refractivity contribution in [3.8, 4) is 0 Å². The van der Waals surface area contributed by atoms with E-state index in [4.69, 9.17) is 4.74 Å². The van der Waals surface area contributed by atoms with E-state index >= 15 is 0 Å². The van der Waals surface area contributed by atoms with E-state index in [1.165, 1.54) is 6.08 Å². The lowest BCUT2D eigenvalue weighted by atomic mass is 10.3. The molecule has 1 heterocycles. The quantitative estimate of drug-likeness (QED) is 0.482. The van der Waals surface area contributed by atoms with Crippen LogP contribution in [-0.4, -0.2) is 55.6 Å². The van der Waals surface area contributed by atoms with Gasteiger partial charge in [0.2, 0.25) is 0 Å². The Morgan fingerprint density at radius 1 is 1.36 bits per heavy atom. The fourth-order valence-electron chi connectivity index (χ4n) is 1.33. The van der Waals surface area contributed by atoms with Gasteiger partial charge in [-0.1, -0.05) is 0 Å². The summed E-state index contributed by atoms with van der Waals surface area (Å²) in [5.41, 5.74) is 0. The van der Waals surface area contributed by atoms with Gasteiger partial charge in [0.15, 0.2) is 0 Å².